The van der Waals surface area contributed by atoms with Gasteiger partial charge in [-0.2, -0.15) is 0 Å². The van der Waals surface area contributed by atoms with Gasteiger partial charge >= 0.3 is 5.97 Å². The molecule has 2 aliphatic rings. The lowest BCUT2D eigenvalue weighted by molar-refractivity contribution is -0.131. The second-order valence-corrected chi connectivity index (χ2v) is 12.6. The van der Waals surface area contributed by atoms with Crippen molar-refractivity contribution in [3.05, 3.63) is 54.2 Å². The number of hydrogen-bond acceptors (Lipinski definition) is 7. The lowest BCUT2D eigenvalue weighted by atomic mass is 9.84. The molecule has 1 saturated heterocycles. The molecule has 0 bridgehead atoms. The molecule has 9 nitrogen and oxygen atoms in total. The molecular weight excluding hydrogens is 542 g/mol. The number of aromatic nitrogens is 1. The summed E-state index contributed by atoms with van der Waals surface area (Å²) in [7, 11) is 8.19. The number of carboxylic acids is 1. The first kappa shape index (κ1) is 32.5. The molecule has 2 aromatic rings. The van der Waals surface area contributed by atoms with Crippen LogP contribution in [0.2, 0.25) is 0 Å². The molecule has 2 fully saturated rings. The quantitative estimate of drug-likeness (QED) is 0.350. The molecule has 1 aliphatic carbocycles. The van der Waals surface area contributed by atoms with Gasteiger partial charge in [-0.15, -0.1) is 0 Å². The van der Waals surface area contributed by atoms with Crippen LogP contribution in [0.5, 0.6) is 0 Å². The van der Waals surface area contributed by atoms with Gasteiger partial charge in [0.1, 0.15) is 5.82 Å². The highest BCUT2D eigenvalue weighted by molar-refractivity contribution is 5.94. The third-order valence-electron chi connectivity index (χ3n) is 8.88. The number of nitrogens with zero attached hydrogens (tertiary/aromatic N) is 5. The number of benzene rings is 1. The van der Waals surface area contributed by atoms with Gasteiger partial charge in [0.2, 0.25) is 5.91 Å². The van der Waals surface area contributed by atoms with Crippen molar-refractivity contribution >= 4 is 35.1 Å². The van der Waals surface area contributed by atoms with E-state index in [-0.39, 0.29) is 17.9 Å². The molecule has 234 valence electrons. The first-order valence-corrected chi connectivity index (χ1v) is 15.6. The molecule has 0 radical (unpaired) electrons. The van der Waals surface area contributed by atoms with Gasteiger partial charge in [0.15, 0.2) is 0 Å². The number of anilines is 3. The van der Waals surface area contributed by atoms with E-state index in [0.717, 1.165) is 57.8 Å². The standard InChI is InChI=1S/C34H49N5O4/c1-25-23-38(30-11-9-29(10-12-30)37(4)5)19-17-28(25)24-39(32-22-26(16-18-35-32)6-15-33(40)41)34(42)27-7-13-31(14-8-27)43-21-20-36(2)3/h6,9-12,15-16,18,22,25,27-28,31H,7-8,13-14,17,19-21,23-24H2,1-5H3,(H,40,41). The minimum absolute atomic E-state index is 0.0701. The molecule has 4 rings (SSSR count). The molecule has 1 aromatic heterocycles. The monoisotopic (exact) mass is 591 g/mol. The molecule has 2 atom stereocenters. The number of ether oxygens (including phenoxy) is 1. The summed E-state index contributed by atoms with van der Waals surface area (Å²) in [5, 5.41) is 9.12. The van der Waals surface area contributed by atoms with Crippen molar-refractivity contribution < 1.29 is 19.4 Å². The predicted molar refractivity (Wildman–Crippen MR) is 174 cm³/mol. The summed E-state index contributed by atoms with van der Waals surface area (Å²) in [6, 6.07) is 12.3. The van der Waals surface area contributed by atoms with E-state index in [0.29, 0.717) is 36.4 Å². The van der Waals surface area contributed by atoms with Crippen LogP contribution in [0.3, 0.4) is 0 Å². The smallest absolute Gasteiger partial charge is 0.328 e. The van der Waals surface area contributed by atoms with Crippen molar-refractivity contribution in [3.8, 4) is 0 Å². The Morgan fingerprint density at radius 3 is 2.40 bits per heavy atom. The van der Waals surface area contributed by atoms with Gasteiger partial charge in [0.05, 0.1) is 12.7 Å². The number of amides is 1. The number of carboxylic acid groups (broad SMARTS) is 1. The van der Waals surface area contributed by atoms with Gasteiger partial charge in [-0.1, -0.05) is 6.92 Å². The van der Waals surface area contributed by atoms with Crippen LogP contribution in [0.25, 0.3) is 6.08 Å². The van der Waals surface area contributed by atoms with E-state index in [9.17, 15) is 9.59 Å². The average Bonchev–Trinajstić information content (AvgIpc) is 2.99. The largest absolute Gasteiger partial charge is 0.478 e. The molecule has 1 saturated carbocycles. The highest BCUT2D eigenvalue weighted by atomic mass is 16.5. The highest BCUT2D eigenvalue weighted by Crippen LogP contribution is 2.33. The summed E-state index contributed by atoms with van der Waals surface area (Å²) in [5.41, 5.74) is 3.13. The van der Waals surface area contributed by atoms with Crippen molar-refractivity contribution in [2.45, 2.75) is 45.1 Å². The van der Waals surface area contributed by atoms with Gasteiger partial charge in [-0.05, 0) is 106 Å². The zero-order valence-electron chi connectivity index (χ0n) is 26.5. The molecule has 0 spiro atoms. The third kappa shape index (κ3) is 9.28. The van der Waals surface area contributed by atoms with Crippen LogP contribution in [0.1, 0.15) is 44.6 Å². The zero-order chi connectivity index (χ0) is 30.9. The summed E-state index contributed by atoms with van der Waals surface area (Å²) in [6.45, 7) is 6.35. The topological polar surface area (TPSA) is 89.5 Å². The Hall–Kier alpha value is -3.43. The summed E-state index contributed by atoms with van der Waals surface area (Å²) >= 11 is 0. The maximum Gasteiger partial charge on any atom is 0.328 e. The Morgan fingerprint density at radius 1 is 1.05 bits per heavy atom. The van der Waals surface area contributed by atoms with Crippen LogP contribution in [0.4, 0.5) is 17.2 Å². The van der Waals surface area contributed by atoms with E-state index in [1.54, 1.807) is 18.3 Å². The minimum Gasteiger partial charge on any atom is -0.478 e. The second kappa shape index (κ2) is 15.3. The summed E-state index contributed by atoms with van der Waals surface area (Å²) < 4.78 is 6.09. The third-order valence-corrected chi connectivity index (χ3v) is 8.88. The summed E-state index contributed by atoms with van der Waals surface area (Å²) in [6.07, 6.45) is 8.88. The minimum atomic E-state index is -1.01. The lowest BCUT2D eigenvalue weighted by Gasteiger charge is -2.41. The van der Waals surface area contributed by atoms with Crippen LogP contribution in [-0.4, -0.2) is 93.9 Å². The maximum atomic E-state index is 14.2. The van der Waals surface area contributed by atoms with Crippen LogP contribution < -0.4 is 14.7 Å². The molecular formula is C34H49N5O4. The van der Waals surface area contributed by atoms with E-state index < -0.39 is 5.97 Å². The van der Waals surface area contributed by atoms with Crippen LogP contribution in [0.15, 0.2) is 48.7 Å². The first-order chi connectivity index (χ1) is 20.6. The Labute approximate surface area is 257 Å². The fraction of sp³-hybridized carbons (Fsp3) is 0.559. The van der Waals surface area contributed by atoms with Crippen molar-refractivity contribution in [3.63, 3.8) is 0 Å². The summed E-state index contributed by atoms with van der Waals surface area (Å²) in [4.78, 5) is 38.4. The van der Waals surface area contributed by atoms with Crippen LogP contribution >= 0.6 is 0 Å². The Bertz CT molecular complexity index is 1220. The van der Waals surface area contributed by atoms with E-state index in [1.807, 2.05) is 25.1 Å². The SMILES string of the molecule is CC1CN(c2ccc(N(C)C)cc2)CCC1CN(C(=O)C1CCC(OCCN(C)C)CC1)c1cc(C=CC(=O)O)ccn1. The van der Waals surface area contributed by atoms with Crippen molar-refractivity contribution in [1.29, 1.82) is 0 Å². The number of hydrogen-bond donors (Lipinski definition) is 1. The van der Waals surface area contributed by atoms with E-state index in [1.165, 1.54) is 11.4 Å². The van der Waals surface area contributed by atoms with Gasteiger partial charge in [0, 0.05) is 69.8 Å². The fourth-order valence-corrected chi connectivity index (χ4v) is 6.14. The van der Waals surface area contributed by atoms with Gasteiger partial charge in [-0.25, -0.2) is 9.78 Å². The number of pyridine rings is 1. The second-order valence-electron chi connectivity index (χ2n) is 12.6. The fourth-order valence-electron chi connectivity index (χ4n) is 6.14. The van der Waals surface area contributed by atoms with Crippen molar-refractivity contribution in [2.75, 3.05) is 75.7 Å². The molecule has 2 unspecified atom stereocenters. The maximum absolute atomic E-state index is 14.2. The van der Waals surface area contributed by atoms with Gasteiger partial charge < -0.3 is 24.5 Å². The van der Waals surface area contributed by atoms with Crippen LogP contribution in [-0.2, 0) is 14.3 Å². The van der Waals surface area contributed by atoms with E-state index in [2.05, 4.69) is 65.0 Å². The van der Waals surface area contributed by atoms with Gasteiger partial charge in [-0.3, -0.25) is 9.69 Å². The number of piperidine rings is 1. The molecule has 43 heavy (non-hydrogen) atoms. The molecule has 1 N–H and O–H groups in total. The lowest BCUT2D eigenvalue weighted by Crippen LogP contribution is -2.47. The Kier molecular flexibility index (Phi) is 11.6. The number of rotatable bonds is 12. The first-order valence-electron chi connectivity index (χ1n) is 15.6. The Morgan fingerprint density at radius 2 is 1.77 bits per heavy atom. The van der Waals surface area contributed by atoms with Crippen molar-refractivity contribution in [2.24, 2.45) is 17.8 Å². The number of carbonyl (C=O) groups excluding carboxylic acids is 1. The average molecular weight is 592 g/mol. The van der Waals surface area contributed by atoms with Gasteiger partial charge in [0.25, 0.3) is 0 Å². The molecule has 1 amide bonds. The molecule has 2 heterocycles. The molecule has 1 aromatic carbocycles. The number of carbonyl (C=O) groups is 2. The molecule has 9 heteroatoms. The molecule has 1 aliphatic heterocycles. The van der Waals surface area contributed by atoms with Crippen LogP contribution in [0, 0.1) is 17.8 Å². The zero-order valence-corrected chi connectivity index (χ0v) is 26.5. The Balaban J connectivity index is 1.46. The normalized spacial score (nSPS) is 22.6. The summed E-state index contributed by atoms with van der Waals surface area (Å²) in [5.74, 6) is 0.343. The number of likely N-dealkylation sites (N-methyl/N-ethyl adjacent to an activating group) is 1. The number of aliphatic carboxylic acids is 1. The predicted octanol–water partition coefficient (Wildman–Crippen LogP) is 4.88. The van der Waals surface area contributed by atoms with E-state index >= 15 is 0 Å². The van der Waals surface area contributed by atoms with Crippen molar-refractivity contribution in [1.82, 2.24) is 9.88 Å². The highest BCUT2D eigenvalue weighted by Gasteiger charge is 2.35. The van der Waals surface area contributed by atoms with E-state index in [4.69, 9.17) is 9.84 Å².